The number of hydrogen-bond donors (Lipinski definition) is 1. The molecule has 1 aromatic heterocycles. The van der Waals surface area contributed by atoms with E-state index in [0.29, 0.717) is 17.5 Å². The number of carbonyl (C=O) groups is 1. The summed E-state index contributed by atoms with van der Waals surface area (Å²) in [4.78, 5) is 28.0. The highest BCUT2D eigenvalue weighted by atomic mass is 32.2. The van der Waals surface area contributed by atoms with Crippen molar-refractivity contribution < 1.29 is 9.90 Å². The van der Waals surface area contributed by atoms with E-state index in [-0.39, 0.29) is 11.1 Å². The standard InChI is InChI=1S/C15H16N2O3S/c1-10(2)9-17-8-7-16-13(14(17)18)21-12-5-3-11(4-6-12)15(19)20/h3-8,10H,9H2,1-2H3,(H,19,20). The number of hydrogen-bond acceptors (Lipinski definition) is 4. The minimum absolute atomic E-state index is 0.126. The van der Waals surface area contributed by atoms with Crippen molar-refractivity contribution in [2.45, 2.75) is 30.3 Å². The van der Waals surface area contributed by atoms with Gasteiger partial charge in [0.05, 0.1) is 5.56 Å². The van der Waals surface area contributed by atoms with E-state index in [2.05, 4.69) is 4.98 Å². The molecule has 1 aromatic carbocycles. The van der Waals surface area contributed by atoms with Gasteiger partial charge < -0.3 is 9.67 Å². The smallest absolute Gasteiger partial charge is 0.335 e. The number of nitrogens with zero attached hydrogens (tertiary/aromatic N) is 2. The average Bonchev–Trinajstić information content (AvgIpc) is 2.43. The Hall–Kier alpha value is -2.08. The van der Waals surface area contributed by atoms with E-state index in [4.69, 9.17) is 5.11 Å². The predicted octanol–water partition coefficient (Wildman–Crippen LogP) is 2.75. The molecule has 0 aliphatic rings. The first-order valence-electron chi connectivity index (χ1n) is 6.54. The van der Waals surface area contributed by atoms with Crippen LogP contribution in [-0.2, 0) is 6.54 Å². The molecule has 0 atom stereocenters. The Morgan fingerprint density at radius 2 is 2.00 bits per heavy atom. The van der Waals surface area contributed by atoms with Gasteiger partial charge in [-0.3, -0.25) is 4.79 Å². The molecule has 0 spiro atoms. The lowest BCUT2D eigenvalue weighted by Crippen LogP contribution is -2.23. The third-order valence-electron chi connectivity index (χ3n) is 2.76. The van der Waals surface area contributed by atoms with Crippen LogP contribution >= 0.6 is 11.8 Å². The molecule has 0 radical (unpaired) electrons. The fraction of sp³-hybridized carbons (Fsp3) is 0.267. The molecule has 0 amide bonds. The monoisotopic (exact) mass is 304 g/mol. The van der Waals surface area contributed by atoms with Gasteiger partial charge in [0, 0.05) is 23.8 Å². The summed E-state index contributed by atoms with van der Waals surface area (Å²) in [6.45, 7) is 4.74. The van der Waals surface area contributed by atoms with Crippen molar-refractivity contribution in [2.75, 3.05) is 0 Å². The molecule has 1 N–H and O–H groups in total. The Kier molecular flexibility index (Phi) is 4.80. The quantitative estimate of drug-likeness (QED) is 0.919. The molecule has 0 aliphatic carbocycles. The minimum Gasteiger partial charge on any atom is -0.478 e. The SMILES string of the molecule is CC(C)Cn1ccnc(Sc2ccc(C(=O)O)cc2)c1=O. The Balaban J connectivity index is 2.23. The highest BCUT2D eigenvalue weighted by Crippen LogP contribution is 2.23. The van der Waals surface area contributed by atoms with Crippen LogP contribution in [0.2, 0.25) is 0 Å². The van der Waals surface area contributed by atoms with Crippen LogP contribution < -0.4 is 5.56 Å². The van der Waals surface area contributed by atoms with Crippen LogP contribution in [0.1, 0.15) is 24.2 Å². The summed E-state index contributed by atoms with van der Waals surface area (Å²) in [5.74, 6) is -0.596. The van der Waals surface area contributed by atoms with Crippen molar-refractivity contribution in [3.8, 4) is 0 Å². The molecule has 1 heterocycles. The van der Waals surface area contributed by atoms with Gasteiger partial charge in [-0.2, -0.15) is 0 Å². The summed E-state index contributed by atoms with van der Waals surface area (Å²) in [5, 5.41) is 9.25. The molecule has 21 heavy (non-hydrogen) atoms. The topological polar surface area (TPSA) is 72.2 Å². The van der Waals surface area contributed by atoms with E-state index < -0.39 is 5.97 Å². The molecule has 110 valence electrons. The lowest BCUT2D eigenvalue weighted by Gasteiger charge is -2.09. The van der Waals surface area contributed by atoms with Gasteiger partial charge in [0.15, 0.2) is 5.03 Å². The summed E-state index contributed by atoms with van der Waals surface area (Å²) in [5.41, 5.74) is 0.0936. The lowest BCUT2D eigenvalue weighted by molar-refractivity contribution is 0.0697. The zero-order chi connectivity index (χ0) is 15.4. The van der Waals surface area contributed by atoms with Gasteiger partial charge in [0.1, 0.15) is 0 Å². The zero-order valence-corrected chi connectivity index (χ0v) is 12.6. The molecule has 0 saturated heterocycles. The van der Waals surface area contributed by atoms with Crippen LogP contribution in [0.15, 0.2) is 51.4 Å². The third-order valence-corrected chi connectivity index (χ3v) is 3.74. The highest BCUT2D eigenvalue weighted by molar-refractivity contribution is 7.99. The molecular weight excluding hydrogens is 288 g/mol. The molecule has 0 unspecified atom stereocenters. The van der Waals surface area contributed by atoms with E-state index in [0.717, 1.165) is 4.90 Å². The van der Waals surface area contributed by atoms with Gasteiger partial charge in [-0.25, -0.2) is 9.78 Å². The molecule has 6 heteroatoms. The molecule has 2 aromatic rings. The van der Waals surface area contributed by atoms with Crippen molar-refractivity contribution in [3.05, 3.63) is 52.6 Å². The Morgan fingerprint density at radius 1 is 1.33 bits per heavy atom. The molecular formula is C15H16N2O3S. The fourth-order valence-electron chi connectivity index (χ4n) is 1.81. The van der Waals surface area contributed by atoms with Crippen LogP contribution in [0.3, 0.4) is 0 Å². The first-order valence-corrected chi connectivity index (χ1v) is 7.35. The first kappa shape index (κ1) is 15.3. The summed E-state index contributed by atoms with van der Waals surface area (Å²) >= 11 is 1.24. The van der Waals surface area contributed by atoms with Crippen LogP contribution in [0.4, 0.5) is 0 Å². The number of aromatic nitrogens is 2. The van der Waals surface area contributed by atoms with Gasteiger partial charge in [0.2, 0.25) is 0 Å². The second-order valence-corrected chi connectivity index (χ2v) is 6.08. The highest BCUT2D eigenvalue weighted by Gasteiger charge is 2.09. The molecule has 0 bridgehead atoms. The normalized spacial score (nSPS) is 10.8. The summed E-state index contributed by atoms with van der Waals surface area (Å²) in [6, 6.07) is 6.38. The number of carboxylic acid groups (broad SMARTS) is 1. The first-order chi connectivity index (χ1) is 9.97. The van der Waals surface area contributed by atoms with Crippen LogP contribution in [-0.4, -0.2) is 20.6 Å². The molecule has 5 nitrogen and oxygen atoms in total. The summed E-state index contributed by atoms with van der Waals surface area (Å²) in [7, 11) is 0. The van der Waals surface area contributed by atoms with E-state index in [1.165, 1.54) is 23.9 Å². The van der Waals surface area contributed by atoms with Crippen LogP contribution in [0, 0.1) is 5.92 Å². The minimum atomic E-state index is -0.969. The molecule has 2 rings (SSSR count). The largest absolute Gasteiger partial charge is 0.478 e. The van der Waals surface area contributed by atoms with Crippen LogP contribution in [0.5, 0.6) is 0 Å². The number of carboxylic acids is 1. The third kappa shape index (κ3) is 3.95. The summed E-state index contributed by atoms with van der Waals surface area (Å²) in [6.07, 6.45) is 3.29. The molecule has 0 aliphatic heterocycles. The maximum absolute atomic E-state index is 12.3. The zero-order valence-electron chi connectivity index (χ0n) is 11.8. The van der Waals surface area contributed by atoms with Gasteiger partial charge in [-0.15, -0.1) is 0 Å². The van der Waals surface area contributed by atoms with Crippen molar-refractivity contribution in [1.82, 2.24) is 9.55 Å². The Labute approximate surface area is 126 Å². The van der Waals surface area contributed by atoms with E-state index in [1.807, 2.05) is 13.8 Å². The van der Waals surface area contributed by atoms with Crippen LogP contribution in [0.25, 0.3) is 0 Å². The van der Waals surface area contributed by atoms with Crippen molar-refractivity contribution in [3.63, 3.8) is 0 Å². The molecule has 0 fully saturated rings. The Bertz CT molecular complexity index is 693. The maximum Gasteiger partial charge on any atom is 0.335 e. The molecule has 0 saturated carbocycles. The second-order valence-electron chi connectivity index (χ2n) is 5.02. The van der Waals surface area contributed by atoms with E-state index in [1.54, 1.807) is 29.1 Å². The predicted molar refractivity (Wildman–Crippen MR) is 80.9 cm³/mol. The van der Waals surface area contributed by atoms with Gasteiger partial charge >= 0.3 is 5.97 Å². The van der Waals surface area contributed by atoms with Gasteiger partial charge in [0.25, 0.3) is 5.56 Å². The number of aromatic carboxylic acids is 1. The van der Waals surface area contributed by atoms with Crippen molar-refractivity contribution in [1.29, 1.82) is 0 Å². The van der Waals surface area contributed by atoms with E-state index in [9.17, 15) is 9.59 Å². The van der Waals surface area contributed by atoms with Gasteiger partial charge in [-0.05, 0) is 30.2 Å². The Morgan fingerprint density at radius 3 is 2.57 bits per heavy atom. The second kappa shape index (κ2) is 6.58. The number of rotatable bonds is 5. The van der Waals surface area contributed by atoms with Crippen molar-refractivity contribution in [2.24, 2.45) is 5.92 Å². The maximum atomic E-state index is 12.3. The lowest BCUT2D eigenvalue weighted by atomic mass is 10.2. The van der Waals surface area contributed by atoms with E-state index >= 15 is 0 Å². The average molecular weight is 304 g/mol. The summed E-state index contributed by atoms with van der Waals surface area (Å²) < 4.78 is 1.64. The van der Waals surface area contributed by atoms with Gasteiger partial charge in [-0.1, -0.05) is 25.6 Å². The van der Waals surface area contributed by atoms with Crippen molar-refractivity contribution >= 4 is 17.7 Å². The fourth-order valence-corrected chi connectivity index (χ4v) is 2.63. The number of benzene rings is 1.